The van der Waals surface area contributed by atoms with Crippen LogP contribution in [-0.4, -0.2) is 55.1 Å². The Morgan fingerprint density at radius 2 is 2.24 bits per heavy atom. The molecule has 2 atom stereocenters. The highest BCUT2D eigenvalue weighted by Gasteiger charge is 2.42. The van der Waals surface area contributed by atoms with Crippen LogP contribution in [0.3, 0.4) is 0 Å². The summed E-state index contributed by atoms with van der Waals surface area (Å²) in [7, 11) is 1.83. The van der Waals surface area contributed by atoms with Crippen molar-refractivity contribution in [1.82, 2.24) is 30.0 Å². The molecule has 2 N–H and O–H groups in total. The lowest BCUT2D eigenvalue weighted by atomic mass is 9.98. The Morgan fingerprint density at radius 1 is 1.38 bits per heavy atom. The molecular weight excluding hydrogens is 372 g/mol. The van der Waals surface area contributed by atoms with Crippen LogP contribution in [-0.2, 0) is 16.6 Å². The van der Waals surface area contributed by atoms with Crippen LogP contribution in [0.5, 0.6) is 0 Å². The van der Waals surface area contributed by atoms with Crippen molar-refractivity contribution in [2.75, 3.05) is 11.9 Å². The number of nitrogens with zero attached hydrogens (tertiary/aromatic N) is 6. The van der Waals surface area contributed by atoms with Crippen LogP contribution in [0, 0.1) is 11.3 Å². The number of nitriles is 1. The maximum Gasteiger partial charge on any atom is 0.312 e. The van der Waals surface area contributed by atoms with Gasteiger partial charge in [-0.15, -0.1) is 0 Å². The number of hydrogen-bond donors (Lipinski definition) is 2. The molecule has 4 rings (SSSR count). The molecule has 10 nitrogen and oxygen atoms in total. The Labute approximate surface area is 167 Å². The lowest BCUT2D eigenvalue weighted by Crippen LogP contribution is -2.49. The number of aryl methyl sites for hydroxylation is 1. The third-order valence-corrected chi connectivity index (χ3v) is 5.10. The summed E-state index contributed by atoms with van der Waals surface area (Å²) in [6, 6.07) is 3.46. The smallest absolute Gasteiger partial charge is 0.312 e. The molecule has 2 aromatic rings. The molecule has 0 saturated carbocycles. The summed E-state index contributed by atoms with van der Waals surface area (Å²) in [4.78, 5) is 35.0. The zero-order valence-corrected chi connectivity index (χ0v) is 15.9. The van der Waals surface area contributed by atoms with Gasteiger partial charge in [0, 0.05) is 25.5 Å². The van der Waals surface area contributed by atoms with Gasteiger partial charge in [-0.1, -0.05) is 6.08 Å². The highest BCUT2D eigenvalue weighted by atomic mass is 16.2. The third kappa shape index (κ3) is 3.80. The van der Waals surface area contributed by atoms with E-state index in [0.717, 1.165) is 29.8 Å². The fourth-order valence-electron chi connectivity index (χ4n) is 3.86. The first-order chi connectivity index (χ1) is 14.0. The maximum atomic E-state index is 12.5. The van der Waals surface area contributed by atoms with Crippen molar-refractivity contribution in [3.05, 3.63) is 36.4 Å². The molecule has 29 heavy (non-hydrogen) atoms. The van der Waals surface area contributed by atoms with E-state index >= 15 is 0 Å². The highest BCUT2D eigenvalue weighted by molar-refractivity contribution is 6.35. The van der Waals surface area contributed by atoms with Gasteiger partial charge < -0.3 is 15.5 Å². The quantitative estimate of drug-likeness (QED) is 0.580. The predicted octanol–water partition coefficient (Wildman–Crippen LogP) is 0.740. The minimum atomic E-state index is -0.731. The van der Waals surface area contributed by atoms with Crippen molar-refractivity contribution in [2.24, 2.45) is 7.05 Å². The maximum absolute atomic E-state index is 12.5. The molecule has 2 unspecified atom stereocenters. The molecule has 0 radical (unpaired) electrons. The van der Waals surface area contributed by atoms with E-state index in [1.165, 1.54) is 0 Å². The van der Waals surface area contributed by atoms with Crippen molar-refractivity contribution < 1.29 is 9.59 Å². The molecule has 1 saturated heterocycles. The molecule has 2 bridgehead atoms. The standard InChI is InChI=1S/C19H20N8O2/c1-26-11-13(10-23-26)24-19-22-6-4-16(25-19)12-8-14-2-3-15(9-12)27(14)18(29)17(28)21-7-5-20/h4,6,8,10-11,14-15H,2-3,7,9H2,1H3,(H,21,28)(H,22,24,25). The summed E-state index contributed by atoms with van der Waals surface area (Å²) >= 11 is 0. The fourth-order valence-corrected chi connectivity index (χ4v) is 3.86. The van der Waals surface area contributed by atoms with Gasteiger partial charge in [0.25, 0.3) is 0 Å². The molecule has 2 aromatic heterocycles. The molecule has 0 aliphatic carbocycles. The number of hydrogen-bond acceptors (Lipinski definition) is 7. The zero-order chi connectivity index (χ0) is 20.4. The van der Waals surface area contributed by atoms with E-state index in [-0.39, 0.29) is 18.6 Å². The third-order valence-electron chi connectivity index (χ3n) is 5.10. The van der Waals surface area contributed by atoms with E-state index in [4.69, 9.17) is 5.26 Å². The number of anilines is 2. The summed E-state index contributed by atoms with van der Waals surface area (Å²) in [6.45, 7) is -0.178. The van der Waals surface area contributed by atoms with Crippen molar-refractivity contribution >= 4 is 29.0 Å². The van der Waals surface area contributed by atoms with Gasteiger partial charge in [0.05, 0.1) is 29.7 Å². The second kappa shape index (κ2) is 7.71. The Hall–Kier alpha value is -3.74. The van der Waals surface area contributed by atoms with Gasteiger partial charge >= 0.3 is 11.8 Å². The normalized spacial score (nSPS) is 20.0. The lowest BCUT2D eigenvalue weighted by molar-refractivity contribution is -0.147. The number of nitrogens with one attached hydrogen (secondary N) is 2. The van der Waals surface area contributed by atoms with Crippen LogP contribution in [0.4, 0.5) is 11.6 Å². The Kier molecular flexibility index (Phi) is 4.95. The minimum absolute atomic E-state index is 0.0509. The van der Waals surface area contributed by atoms with Crippen LogP contribution in [0.2, 0.25) is 0 Å². The number of rotatable bonds is 4. The average Bonchev–Trinajstić information content (AvgIpc) is 3.24. The molecule has 1 fully saturated rings. The average molecular weight is 392 g/mol. The summed E-state index contributed by atoms with van der Waals surface area (Å²) in [5.74, 6) is -0.840. The van der Waals surface area contributed by atoms with Gasteiger partial charge in [-0.25, -0.2) is 9.97 Å². The van der Waals surface area contributed by atoms with Crippen molar-refractivity contribution in [3.8, 4) is 6.07 Å². The second-order valence-corrected chi connectivity index (χ2v) is 7.04. The summed E-state index contributed by atoms with van der Waals surface area (Å²) in [5.41, 5.74) is 2.63. The van der Waals surface area contributed by atoms with Crippen molar-refractivity contribution in [1.29, 1.82) is 5.26 Å². The Morgan fingerprint density at radius 3 is 2.97 bits per heavy atom. The van der Waals surface area contributed by atoms with Crippen molar-refractivity contribution in [3.63, 3.8) is 0 Å². The first-order valence-electron chi connectivity index (χ1n) is 9.32. The second-order valence-electron chi connectivity index (χ2n) is 7.04. The van der Waals surface area contributed by atoms with Crippen LogP contribution >= 0.6 is 0 Å². The topological polar surface area (TPSA) is 129 Å². The van der Waals surface area contributed by atoms with Gasteiger partial charge in [0.15, 0.2) is 0 Å². The van der Waals surface area contributed by atoms with Gasteiger partial charge in [-0.3, -0.25) is 14.3 Å². The fraction of sp³-hybridized carbons (Fsp3) is 0.368. The summed E-state index contributed by atoms with van der Waals surface area (Å²) < 4.78 is 1.69. The van der Waals surface area contributed by atoms with Crippen LogP contribution in [0.15, 0.2) is 30.7 Å². The molecule has 148 valence electrons. The van der Waals surface area contributed by atoms with Crippen LogP contribution in [0.1, 0.15) is 25.0 Å². The molecule has 2 amide bonds. The number of amides is 2. The van der Waals surface area contributed by atoms with Crippen molar-refractivity contribution in [2.45, 2.75) is 31.3 Å². The zero-order valence-electron chi connectivity index (χ0n) is 15.9. The van der Waals surface area contributed by atoms with E-state index in [0.29, 0.717) is 12.4 Å². The SMILES string of the molecule is Cn1cc(Nc2nccc(C3=CC4CCC(C3)N4C(=O)C(=O)NCC#N)n2)cn1. The first-order valence-corrected chi connectivity index (χ1v) is 9.32. The summed E-state index contributed by atoms with van der Waals surface area (Å²) in [6.07, 6.45) is 9.47. The number of carbonyl (C=O) groups excluding carboxylic acids is 2. The molecule has 0 aromatic carbocycles. The Bertz CT molecular complexity index is 1020. The largest absolute Gasteiger partial charge is 0.335 e. The van der Waals surface area contributed by atoms with Crippen LogP contribution in [0.25, 0.3) is 5.57 Å². The van der Waals surface area contributed by atoms with E-state index in [1.807, 2.05) is 25.4 Å². The lowest BCUT2D eigenvalue weighted by Gasteiger charge is -2.33. The first kappa shape index (κ1) is 18.6. The van der Waals surface area contributed by atoms with E-state index in [9.17, 15) is 9.59 Å². The number of fused-ring (bicyclic) bond motifs is 2. The number of carbonyl (C=O) groups is 2. The van der Waals surface area contributed by atoms with Crippen LogP contribution < -0.4 is 10.6 Å². The van der Waals surface area contributed by atoms with Gasteiger partial charge in [-0.05, 0) is 30.9 Å². The van der Waals surface area contributed by atoms with Gasteiger partial charge in [-0.2, -0.15) is 10.4 Å². The minimum Gasteiger partial charge on any atom is -0.335 e. The molecule has 2 aliphatic rings. The Balaban J connectivity index is 1.51. The van der Waals surface area contributed by atoms with E-state index in [1.54, 1.807) is 28.0 Å². The highest BCUT2D eigenvalue weighted by Crippen LogP contribution is 2.38. The van der Waals surface area contributed by atoms with Gasteiger partial charge in [0.2, 0.25) is 5.95 Å². The van der Waals surface area contributed by atoms with E-state index < -0.39 is 11.8 Å². The molecule has 10 heteroatoms. The molecular formula is C19H20N8O2. The molecule has 0 spiro atoms. The van der Waals surface area contributed by atoms with Gasteiger partial charge in [0.1, 0.15) is 6.54 Å². The predicted molar refractivity (Wildman–Crippen MR) is 103 cm³/mol. The number of aromatic nitrogens is 4. The molecule has 2 aliphatic heterocycles. The monoisotopic (exact) mass is 392 g/mol. The summed E-state index contributed by atoms with van der Waals surface area (Å²) in [5, 5.41) is 18.1. The van der Waals surface area contributed by atoms with E-state index in [2.05, 4.69) is 25.7 Å². The molecule has 4 heterocycles.